The van der Waals surface area contributed by atoms with Gasteiger partial charge in [-0.15, -0.1) is 0 Å². The van der Waals surface area contributed by atoms with Crippen LogP contribution in [-0.4, -0.2) is 39.2 Å². The molecule has 0 bridgehead atoms. The lowest BCUT2D eigenvalue weighted by Gasteiger charge is -2.12. The molecule has 0 unspecified atom stereocenters. The van der Waals surface area contributed by atoms with Crippen molar-refractivity contribution >= 4 is 27.6 Å². The summed E-state index contributed by atoms with van der Waals surface area (Å²) in [5.74, 6) is -4.57. The van der Waals surface area contributed by atoms with Crippen molar-refractivity contribution in [3.63, 3.8) is 0 Å². The quantitative estimate of drug-likeness (QED) is 0.543. The number of esters is 1. The molecule has 140 valence electrons. The number of alkyl halides is 3. The van der Waals surface area contributed by atoms with Crippen molar-refractivity contribution in [2.24, 2.45) is 0 Å². The number of hydrogen-bond acceptors (Lipinski definition) is 5. The van der Waals surface area contributed by atoms with Crippen LogP contribution < -0.4 is 10.0 Å². The van der Waals surface area contributed by atoms with Crippen molar-refractivity contribution in [1.29, 1.82) is 0 Å². The summed E-state index contributed by atoms with van der Waals surface area (Å²) in [7, 11) is -4.37. The van der Waals surface area contributed by atoms with E-state index in [1.807, 2.05) is 5.32 Å². The summed E-state index contributed by atoms with van der Waals surface area (Å²) >= 11 is 0. The molecule has 1 rings (SSSR count). The maximum atomic E-state index is 13.1. The second-order valence-electron chi connectivity index (χ2n) is 4.64. The highest BCUT2D eigenvalue weighted by Gasteiger charge is 2.34. The van der Waals surface area contributed by atoms with E-state index >= 15 is 0 Å². The molecule has 0 saturated carbocycles. The van der Waals surface area contributed by atoms with Gasteiger partial charge < -0.3 is 10.1 Å². The standard InChI is InChI=1S/C13H14F4N2O5S/c1-2-24-12(21)6-18-11(20)7-25(22,23)19-8-3-4-10(14)9(5-8)13(15,16)17/h3-5,19H,2,6-7H2,1H3,(H,18,20). The largest absolute Gasteiger partial charge is 0.465 e. The number of carbonyl (C=O) groups excluding carboxylic acids is 2. The minimum atomic E-state index is -5.01. The second kappa shape index (κ2) is 8.14. The van der Waals surface area contributed by atoms with Gasteiger partial charge in [0.1, 0.15) is 18.1 Å². The Hall–Kier alpha value is -2.37. The van der Waals surface area contributed by atoms with Crippen molar-refractivity contribution in [2.45, 2.75) is 13.1 Å². The number of hydrogen-bond donors (Lipinski definition) is 2. The van der Waals surface area contributed by atoms with Crippen LogP contribution in [0, 0.1) is 5.82 Å². The maximum absolute atomic E-state index is 13.1. The topological polar surface area (TPSA) is 102 Å². The number of sulfonamides is 1. The van der Waals surface area contributed by atoms with Crippen LogP contribution in [0.1, 0.15) is 12.5 Å². The average molecular weight is 386 g/mol. The van der Waals surface area contributed by atoms with Crippen molar-refractivity contribution in [3.8, 4) is 0 Å². The smallest absolute Gasteiger partial charge is 0.419 e. The Bertz CT molecular complexity index is 749. The Morgan fingerprint density at radius 1 is 1.24 bits per heavy atom. The van der Waals surface area contributed by atoms with Gasteiger partial charge in [-0.3, -0.25) is 14.3 Å². The molecular formula is C13H14F4N2O5S. The molecule has 0 fully saturated rings. The highest BCUT2D eigenvalue weighted by Crippen LogP contribution is 2.33. The highest BCUT2D eigenvalue weighted by atomic mass is 32.2. The zero-order chi connectivity index (χ0) is 19.3. The van der Waals surface area contributed by atoms with Crippen LogP contribution >= 0.6 is 0 Å². The monoisotopic (exact) mass is 386 g/mol. The summed E-state index contributed by atoms with van der Waals surface area (Å²) < 4.78 is 80.7. The summed E-state index contributed by atoms with van der Waals surface area (Å²) in [6.07, 6.45) is -5.01. The van der Waals surface area contributed by atoms with Crippen LogP contribution in [0.15, 0.2) is 18.2 Å². The first kappa shape index (κ1) is 20.7. The van der Waals surface area contributed by atoms with Gasteiger partial charge in [0, 0.05) is 5.69 Å². The number of rotatable bonds is 7. The first-order chi connectivity index (χ1) is 11.4. The number of carbonyl (C=O) groups is 2. The Labute approximate surface area is 140 Å². The predicted molar refractivity (Wildman–Crippen MR) is 78.5 cm³/mol. The SMILES string of the molecule is CCOC(=O)CNC(=O)CS(=O)(=O)Nc1ccc(F)c(C(F)(F)F)c1. The molecule has 0 atom stereocenters. The molecule has 0 aliphatic rings. The molecule has 0 heterocycles. The molecule has 0 aromatic heterocycles. The van der Waals surface area contributed by atoms with Crippen LogP contribution in [0.4, 0.5) is 23.2 Å². The first-order valence-electron chi connectivity index (χ1n) is 6.74. The van der Waals surface area contributed by atoms with Crippen LogP contribution in [0.2, 0.25) is 0 Å². The number of anilines is 1. The minimum Gasteiger partial charge on any atom is -0.465 e. The van der Waals surface area contributed by atoms with Gasteiger partial charge in [-0.1, -0.05) is 0 Å². The fraction of sp³-hybridized carbons (Fsp3) is 0.385. The zero-order valence-electron chi connectivity index (χ0n) is 12.8. The van der Waals surface area contributed by atoms with Crippen LogP contribution in [-0.2, 0) is 30.5 Å². The first-order valence-corrected chi connectivity index (χ1v) is 8.39. The molecule has 1 aromatic rings. The van der Waals surface area contributed by atoms with Gasteiger partial charge in [0.2, 0.25) is 15.9 Å². The second-order valence-corrected chi connectivity index (χ2v) is 6.36. The molecule has 1 aromatic carbocycles. The molecule has 12 heteroatoms. The van der Waals surface area contributed by atoms with Gasteiger partial charge >= 0.3 is 12.1 Å². The third-order valence-corrected chi connectivity index (χ3v) is 3.79. The van der Waals surface area contributed by atoms with E-state index in [0.29, 0.717) is 6.07 Å². The Morgan fingerprint density at radius 3 is 2.44 bits per heavy atom. The summed E-state index contributed by atoms with van der Waals surface area (Å²) in [6, 6.07) is 1.49. The van der Waals surface area contributed by atoms with Gasteiger partial charge in [-0.25, -0.2) is 12.8 Å². The normalized spacial score (nSPS) is 11.7. The summed E-state index contributed by atoms with van der Waals surface area (Å²) in [4.78, 5) is 22.5. The van der Waals surface area contributed by atoms with E-state index in [9.17, 15) is 35.6 Å². The number of amides is 1. The van der Waals surface area contributed by atoms with E-state index in [-0.39, 0.29) is 12.7 Å². The van der Waals surface area contributed by atoms with Crippen molar-refractivity contribution in [2.75, 3.05) is 23.6 Å². The Morgan fingerprint density at radius 2 is 1.88 bits per heavy atom. The number of benzene rings is 1. The van der Waals surface area contributed by atoms with Gasteiger partial charge in [0.25, 0.3) is 0 Å². The summed E-state index contributed by atoms with van der Waals surface area (Å²) in [5.41, 5.74) is -2.22. The molecule has 0 aliphatic heterocycles. The fourth-order valence-electron chi connectivity index (χ4n) is 1.63. The molecule has 1 amide bonds. The van der Waals surface area contributed by atoms with Gasteiger partial charge in [0.15, 0.2) is 0 Å². The predicted octanol–water partition coefficient (Wildman–Crippen LogP) is 1.27. The van der Waals surface area contributed by atoms with Crippen LogP contribution in [0.25, 0.3) is 0 Å². The Kier molecular flexibility index (Phi) is 6.73. The van der Waals surface area contributed by atoms with Gasteiger partial charge in [0.05, 0.1) is 12.2 Å². The van der Waals surface area contributed by atoms with Crippen LogP contribution in [0.3, 0.4) is 0 Å². The molecule has 0 spiro atoms. The molecule has 25 heavy (non-hydrogen) atoms. The third kappa shape index (κ3) is 6.95. The fourth-order valence-corrected chi connectivity index (χ4v) is 2.63. The minimum absolute atomic E-state index is 0.0701. The van der Waals surface area contributed by atoms with Gasteiger partial charge in [-0.05, 0) is 25.1 Å². The Balaban J connectivity index is 2.75. The molecule has 0 saturated heterocycles. The average Bonchev–Trinajstić information content (AvgIpc) is 2.45. The maximum Gasteiger partial charge on any atom is 0.419 e. The lowest BCUT2D eigenvalue weighted by molar-refractivity contribution is -0.143. The van der Waals surface area contributed by atoms with E-state index in [1.54, 1.807) is 4.72 Å². The summed E-state index contributed by atoms with van der Waals surface area (Å²) in [6.45, 7) is 1.05. The molecule has 2 N–H and O–H groups in total. The van der Waals surface area contributed by atoms with E-state index in [0.717, 1.165) is 6.07 Å². The highest BCUT2D eigenvalue weighted by molar-refractivity contribution is 7.93. The van der Waals surface area contributed by atoms with E-state index < -0.39 is 57.4 Å². The number of ether oxygens (including phenoxy) is 1. The third-order valence-electron chi connectivity index (χ3n) is 2.60. The van der Waals surface area contributed by atoms with E-state index in [2.05, 4.69) is 4.74 Å². The molecule has 0 radical (unpaired) electrons. The van der Waals surface area contributed by atoms with Crippen molar-refractivity contribution < 1.29 is 40.3 Å². The number of halogens is 4. The van der Waals surface area contributed by atoms with Gasteiger partial charge in [-0.2, -0.15) is 13.2 Å². The lowest BCUT2D eigenvalue weighted by atomic mass is 10.2. The lowest BCUT2D eigenvalue weighted by Crippen LogP contribution is -2.36. The van der Waals surface area contributed by atoms with Crippen molar-refractivity contribution in [3.05, 3.63) is 29.6 Å². The molecule has 0 aliphatic carbocycles. The van der Waals surface area contributed by atoms with Crippen LogP contribution in [0.5, 0.6) is 0 Å². The van der Waals surface area contributed by atoms with E-state index in [4.69, 9.17) is 0 Å². The summed E-state index contributed by atoms with van der Waals surface area (Å²) in [5, 5.41) is 1.98. The van der Waals surface area contributed by atoms with Crippen molar-refractivity contribution in [1.82, 2.24) is 5.32 Å². The molecular weight excluding hydrogens is 372 g/mol. The zero-order valence-corrected chi connectivity index (χ0v) is 13.6. The molecule has 7 nitrogen and oxygen atoms in total. The number of nitrogens with one attached hydrogen (secondary N) is 2. The van der Waals surface area contributed by atoms with E-state index in [1.165, 1.54) is 6.92 Å².